The fraction of sp³-hybridized carbons (Fsp3) is 0.444. The van der Waals surface area contributed by atoms with Crippen molar-refractivity contribution in [3.8, 4) is 11.5 Å². The largest absolute Gasteiger partial charge is 0.494 e. The zero-order chi connectivity index (χ0) is 23.8. The standard InChI is InChI=1S/C27H33FO4S/c1-5-7-9-20(27-19(4)23-12-10-21(28)17-25(23)33-27)14-15-30-22-11-13-24(18(3)16-22)31-32-26(29)8-6-2/h10-13,16-17,20H,5-9,14-15H2,1-4H3. The summed E-state index contributed by atoms with van der Waals surface area (Å²) in [5, 5.41) is 1.14. The molecular weight excluding hydrogens is 439 g/mol. The number of benzene rings is 2. The van der Waals surface area contributed by atoms with Gasteiger partial charge in [0.25, 0.3) is 0 Å². The van der Waals surface area contributed by atoms with E-state index < -0.39 is 0 Å². The molecule has 0 saturated heterocycles. The number of carbonyl (C=O) groups excluding carboxylic acids is 1. The highest BCUT2D eigenvalue weighted by Gasteiger charge is 2.19. The minimum absolute atomic E-state index is 0.188. The summed E-state index contributed by atoms with van der Waals surface area (Å²) in [5.41, 5.74) is 2.09. The number of ether oxygens (including phenoxy) is 1. The van der Waals surface area contributed by atoms with Gasteiger partial charge in [-0.3, -0.25) is 9.78 Å². The van der Waals surface area contributed by atoms with Crippen molar-refractivity contribution in [1.82, 2.24) is 0 Å². The summed E-state index contributed by atoms with van der Waals surface area (Å²) in [7, 11) is 0. The highest BCUT2D eigenvalue weighted by molar-refractivity contribution is 7.19. The molecule has 0 fully saturated rings. The highest BCUT2D eigenvalue weighted by atomic mass is 32.1. The van der Waals surface area contributed by atoms with Crippen LogP contribution in [0.25, 0.3) is 10.1 Å². The monoisotopic (exact) mass is 472 g/mol. The van der Waals surface area contributed by atoms with Crippen LogP contribution in [0.4, 0.5) is 4.39 Å². The summed E-state index contributed by atoms with van der Waals surface area (Å²) in [6.45, 7) is 8.72. The Hall–Kier alpha value is -2.60. The second kappa shape index (κ2) is 12.0. The van der Waals surface area contributed by atoms with E-state index in [2.05, 4.69) is 13.8 Å². The Morgan fingerprint density at radius 2 is 1.88 bits per heavy atom. The molecule has 3 aromatic rings. The normalized spacial score (nSPS) is 12.0. The Morgan fingerprint density at radius 3 is 2.61 bits per heavy atom. The average molecular weight is 473 g/mol. The molecule has 1 unspecified atom stereocenters. The molecule has 0 spiro atoms. The Labute approximate surface area is 199 Å². The Balaban J connectivity index is 1.63. The smallest absolute Gasteiger partial charge is 0.355 e. The number of carbonyl (C=O) groups is 1. The lowest BCUT2D eigenvalue weighted by atomic mass is 9.94. The van der Waals surface area contributed by atoms with Crippen molar-refractivity contribution in [2.45, 2.75) is 72.1 Å². The maximum atomic E-state index is 13.7. The summed E-state index contributed by atoms with van der Waals surface area (Å²) in [6.07, 6.45) is 5.31. The molecule has 0 bridgehead atoms. The van der Waals surface area contributed by atoms with Gasteiger partial charge in [0.2, 0.25) is 0 Å². The first kappa shape index (κ1) is 25.0. The lowest BCUT2D eigenvalue weighted by Gasteiger charge is -2.17. The number of unbranched alkanes of at least 4 members (excludes halogenated alkanes) is 1. The fourth-order valence-electron chi connectivity index (χ4n) is 3.93. The SMILES string of the molecule is CCCCC(CCOc1ccc(OOC(=O)CCC)c(C)c1)c1sc2cc(F)ccc2c1C. The fourth-order valence-corrected chi connectivity index (χ4v) is 5.33. The zero-order valence-corrected chi connectivity index (χ0v) is 20.7. The molecule has 33 heavy (non-hydrogen) atoms. The third-order valence-electron chi connectivity index (χ3n) is 5.77. The number of aryl methyl sites for hydroxylation is 2. The van der Waals surface area contributed by atoms with Gasteiger partial charge in [0.05, 0.1) is 6.61 Å². The van der Waals surface area contributed by atoms with E-state index in [4.69, 9.17) is 14.5 Å². The number of rotatable bonds is 12. The van der Waals surface area contributed by atoms with Gasteiger partial charge in [-0.25, -0.2) is 9.18 Å². The maximum absolute atomic E-state index is 13.7. The van der Waals surface area contributed by atoms with Crippen LogP contribution in [0.3, 0.4) is 0 Å². The van der Waals surface area contributed by atoms with Crippen LogP contribution < -0.4 is 9.62 Å². The molecule has 4 nitrogen and oxygen atoms in total. The minimum Gasteiger partial charge on any atom is -0.494 e. The second-order valence-corrected chi connectivity index (χ2v) is 9.51. The van der Waals surface area contributed by atoms with Crippen molar-refractivity contribution in [2.24, 2.45) is 0 Å². The van der Waals surface area contributed by atoms with Gasteiger partial charge in [0, 0.05) is 21.6 Å². The Kier molecular flexibility index (Phi) is 9.12. The van der Waals surface area contributed by atoms with Gasteiger partial charge in [0.1, 0.15) is 11.6 Å². The van der Waals surface area contributed by atoms with Gasteiger partial charge in [-0.15, -0.1) is 11.3 Å². The van der Waals surface area contributed by atoms with Gasteiger partial charge >= 0.3 is 5.97 Å². The van der Waals surface area contributed by atoms with E-state index in [0.29, 0.717) is 31.1 Å². The van der Waals surface area contributed by atoms with Crippen LogP contribution in [-0.2, 0) is 9.68 Å². The molecule has 0 aliphatic carbocycles. The van der Waals surface area contributed by atoms with Crippen molar-refractivity contribution in [2.75, 3.05) is 6.61 Å². The number of fused-ring (bicyclic) bond motifs is 1. The van der Waals surface area contributed by atoms with Crippen molar-refractivity contribution >= 4 is 27.4 Å². The first-order valence-electron chi connectivity index (χ1n) is 11.7. The first-order chi connectivity index (χ1) is 15.9. The summed E-state index contributed by atoms with van der Waals surface area (Å²) < 4.78 is 20.8. The molecule has 0 aliphatic rings. The van der Waals surface area contributed by atoms with E-state index in [-0.39, 0.29) is 11.8 Å². The van der Waals surface area contributed by atoms with Crippen LogP contribution in [0.2, 0.25) is 0 Å². The number of halogens is 1. The molecule has 0 saturated carbocycles. The van der Waals surface area contributed by atoms with Crippen molar-refractivity contribution in [3.05, 3.63) is 58.2 Å². The second-order valence-electron chi connectivity index (χ2n) is 8.42. The van der Waals surface area contributed by atoms with Crippen molar-refractivity contribution in [1.29, 1.82) is 0 Å². The number of thiophene rings is 1. The molecule has 1 aromatic heterocycles. The van der Waals surface area contributed by atoms with Crippen LogP contribution in [0.5, 0.6) is 11.5 Å². The summed E-state index contributed by atoms with van der Waals surface area (Å²) in [5.74, 6) is 1.07. The quantitative estimate of drug-likeness (QED) is 0.198. The molecule has 6 heteroatoms. The van der Waals surface area contributed by atoms with Gasteiger partial charge in [-0.2, -0.15) is 0 Å². The summed E-state index contributed by atoms with van der Waals surface area (Å²) in [4.78, 5) is 22.8. The van der Waals surface area contributed by atoms with Gasteiger partial charge < -0.3 is 4.74 Å². The third kappa shape index (κ3) is 6.70. The van der Waals surface area contributed by atoms with E-state index >= 15 is 0 Å². The number of hydrogen-bond donors (Lipinski definition) is 0. The molecule has 3 rings (SSSR count). The predicted octanol–water partition coefficient (Wildman–Crippen LogP) is 8.04. The lowest BCUT2D eigenvalue weighted by Crippen LogP contribution is -2.08. The Morgan fingerprint density at radius 1 is 1.06 bits per heavy atom. The molecule has 0 N–H and O–H groups in total. The predicted molar refractivity (Wildman–Crippen MR) is 132 cm³/mol. The molecule has 0 radical (unpaired) electrons. The topological polar surface area (TPSA) is 44.8 Å². The van der Waals surface area contributed by atoms with Crippen LogP contribution >= 0.6 is 11.3 Å². The van der Waals surface area contributed by atoms with Crippen LogP contribution in [-0.4, -0.2) is 12.6 Å². The zero-order valence-electron chi connectivity index (χ0n) is 19.9. The highest BCUT2D eigenvalue weighted by Crippen LogP contribution is 2.39. The molecule has 178 valence electrons. The van der Waals surface area contributed by atoms with Crippen LogP contribution in [0.15, 0.2) is 36.4 Å². The minimum atomic E-state index is -0.380. The third-order valence-corrected chi connectivity index (χ3v) is 7.19. The maximum Gasteiger partial charge on any atom is 0.355 e. The molecular formula is C27H33FO4S. The van der Waals surface area contributed by atoms with Crippen molar-refractivity contribution < 1.29 is 23.7 Å². The summed E-state index contributed by atoms with van der Waals surface area (Å²) in [6, 6.07) is 10.5. The van der Waals surface area contributed by atoms with E-state index in [1.807, 2.05) is 32.0 Å². The number of hydrogen-bond acceptors (Lipinski definition) is 5. The van der Waals surface area contributed by atoms with Gasteiger partial charge in [0.15, 0.2) is 5.75 Å². The van der Waals surface area contributed by atoms with Crippen LogP contribution in [0.1, 0.15) is 74.3 Å². The molecule has 0 amide bonds. The van der Waals surface area contributed by atoms with E-state index in [0.717, 1.165) is 47.1 Å². The molecule has 2 aromatic carbocycles. The Bertz CT molecular complexity index is 1080. The first-order valence-corrected chi connectivity index (χ1v) is 12.5. The van der Waals surface area contributed by atoms with Crippen molar-refractivity contribution in [3.63, 3.8) is 0 Å². The summed E-state index contributed by atoms with van der Waals surface area (Å²) >= 11 is 1.70. The lowest BCUT2D eigenvalue weighted by molar-refractivity contribution is -0.214. The van der Waals surface area contributed by atoms with E-state index in [1.165, 1.54) is 16.5 Å². The van der Waals surface area contributed by atoms with Crippen LogP contribution in [0, 0.1) is 19.7 Å². The van der Waals surface area contributed by atoms with E-state index in [1.54, 1.807) is 23.5 Å². The molecule has 0 aliphatic heterocycles. The molecule has 1 heterocycles. The molecule has 1 atom stereocenters. The average Bonchev–Trinajstić information content (AvgIpc) is 3.11. The van der Waals surface area contributed by atoms with Gasteiger partial charge in [-0.1, -0.05) is 32.8 Å². The van der Waals surface area contributed by atoms with Gasteiger partial charge in [-0.05, 0) is 80.3 Å². The van der Waals surface area contributed by atoms with E-state index in [9.17, 15) is 9.18 Å².